The van der Waals surface area contributed by atoms with Gasteiger partial charge in [-0.3, -0.25) is 0 Å². The molecule has 0 unspecified atom stereocenters. The minimum absolute atomic E-state index is 0.0523. The zero-order valence-corrected chi connectivity index (χ0v) is 9.43. The van der Waals surface area contributed by atoms with Crippen LogP contribution in [0.5, 0.6) is 5.75 Å². The van der Waals surface area contributed by atoms with Gasteiger partial charge in [0.2, 0.25) is 0 Å². The largest absolute Gasteiger partial charge is 0.462 e. The quantitative estimate of drug-likeness (QED) is 0.786. The highest BCUT2D eigenvalue weighted by Gasteiger charge is 2.18. The summed E-state index contributed by atoms with van der Waals surface area (Å²) in [6.45, 7) is -1.52. The number of esters is 1. The van der Waals surface area contributed by atoms with Crippen LogP contribution in [0.4, 0.5) is 13.2 Å². The van der Waals surface area contributed by atoms with Crippen LogP contribution in [0.2, 0.25) is 5.02 Å². The van der Waals surface area contributed by atoms with E-state index >= 15 is 0 Å². The lowest BCUT2D eigenvalue weighted by Gasteiger charge is -2.09. The predicted octanol–water partition coefficient (Wildman–Crippen LogP) is 3.26. The first-order valence-electron chi connectivity index (χ1n) is 4.56. The van der Waals surface area contributed by atoms with Crippen LogP contribution in [-0.4, -0.2) is 19.2 Å². The molecule has 0 heterocycles. The molecule has 3 nitrogen and oxygen atoms in total. The number of carbonyl (C=O) groups is 1. The molecule has 17 heavy (non-hydrogen) atoms. The van der Waals surface area contributed by atoms with Crippen molar-refractivity contribution in [3.05, 3.63) is 28.5 Å². The van der Waals surface area contributed by atoms with E-state index in [1.165, 1.54) is 0 Å². The van der Waals surface area contributed by atoms with Gasteiger partial charge in [-0.25, -0.2) is 9.18 Å². The van der Waals surface area contributed by atoms with Crippen LogP contribution >= 0.6 is 11.6 Å². The second-order valence-corrected chi connectivity index (χ2v) is 3.24. The molecule has 1 aromatic carbocycles. The Balaban J connectivity index is 3.10. The molecule has 94 valence electrons. The van der Waals surface area contributed by atoms with Crippen LogP contribution in [0.3, 0.4) is 0 Å². The van der Waals surface area contributed by atoms with Crippen molar-refractivity contribution in [2.45, 2.75) is 13.5 Å². The Morgan fingerprint density at radius 2 is 2.12 bits per heavy atom. The van der Waals surface area contributed by atoms with Crippen molar-refractivity contribution in [1.82, 2.24) is 0 Å². The lowest BCUT2D eigenvalue weighted by Crippen LogP contribution is -2.08. The molecule has 0 spiro atoms. The second kappa shape index (κ2) is 5.77. The minimum atomic E-state index is -3.12. The standard InChI is InChI=1S/C10H8ClF3O3/c1-2-16-9(15)6-3-5(17-10(13)14)4-7(12)8(6)11/h3-4,10H,2H2,1H3. The van der Waals surface area contributed by atoms with Gasteiger partial charge in [-0.05, 0) is 13.0 Å². The number of ether oxygens (including phenoxy) is 2. The van der Waals surface area contributed by atoms with Gasteiger partial charge in [-0.2, -0.15) is 8.78 Å². The SMILES string of the molecule is CCOC(=O)c1cc(OC(F)F)cc(F)c1Cl. The van der Waals surface area contributed by atoms with Crippen molar-refractivity contribution in [2.24, 2.45) is 0 Å². The minimum Gasteiger partial charge on any atom is -0.462 e. The molecule has 0 fully saturated rings. The topological polar surface area (TPSA) is 35.5 Å². The Kier molecular flexibility index (Phi) is 4.62. The van der Waals surface area contributed by atoms with Crippen LogP contribution in [0.15, 0.2) is 12.1 Å². The molecule has 1 aromatic rings. The fourth-order valence-corrected chi connectivity index (χ4v) is 1.28. The molecule has 0 aliphatic carbocycles. The van der Waals surface area contributed by atoms with Crippen molar-refractivity contribution in [3.8, 4) is 5.75 Å². The van der Waals surface area contributed by atoms with E-state index < -0.39 is 29.2 Å². The normalized spacial score (nSPS) is 10.5. The summed E-state index contributed by atoms with van der Waals surface area (Å²) < 4.78 is 45.7. The number of benzene rings is 1. The van der Waals surface area contributed by atoms with Gasteiger partial charge in [-0.1, -0.05) is 11.6 Å². The Bertz CT molecular complexity index is 424. The number of hydrogen-bond acceptors (Lipinski definition) is 3. The fourth-order valence-electron chi connectivity index (χ4n) is 1.09. The first kappa shape index (κ1) is 13.6. The Morgan fingerprint density at radius 1 is 1.47 bits per heavy atom. The lowest BCUT2D eigenvalue weighted by molar-refractivity contribution is -0.0500. The second-order valence-electron chi connectivity index (χ2n) is 2.87. The summed E-state index contributed by atoms with van der Waals surface area (Å²) in [5, 5.41) is -0.495. The van der Waals surface area contributed by atoms with E-state index in [2.05, 4.69) is 9.47 Å². The van der Waals surface area contributed by atoms with Gasteiger partial charge < -0.3 is 9.47 Å². The van der Waals surface area contributed by atoms with Gasteiger partial charge in [0.15, 0.2) is 0 Å². The average molecular weight is 269 g/mol. The smallest absolute Gasteiger partial charge is 0.387 e. The Labute approximate surface area is 100 Å². The molecule has 0 amide bonds. The van der Waals surface area contributed by atoms with E-state index in [-0.39, 0.29) is 12.2 Å². The molecule has 7 heteroatoms. The summed E-state index contributed by atoms with van der Waals surface area (Å²) in [6, 6.07) is 1.56. The van der Waals surface area contributed by atoms with E-state index in [0.717, 1.165) is 6.07 Å². The number of alkyl halides is 2. The van der Waals surface area contributed by atoms with E-state index in [0.29, 0.717) is 6.07 Å². The maximum absolute atomic E-state index is 13.2. The molecule has 0 atom stereocenters. The number of halogens is 4. The zero-order valence-electron chi connectivity index (χ0n) is 8.68. The first-order chi connectivity index (χ1) is 7.95. The van der Waals surface area contributed by atoms with Gasteiger partial charge in [0.05, 0.1) is 17.2 Å². The molecule has 0 N–H and O–H groups in total. The van der Waals surface area contributed by atoms with Gasteiger partial charge in [-0.15, -0.1) is 0 Å². The highest BCUT2D eigenvalue weighted by atomic mass is 35.5. The highest BCUT2D eigenvalue weighted by Crippen LogP contribution is 2.27. The van der Waals surface area contributed by atoms with Crippen molar-refractivity contribution in [3.63, 3.8) is 0 Å². The fraction of sp³-hybridized carbons (Fsp3) is 0.300. The van der Waals surface area contributed by atoms with E-state index in [1.54, 1.807) is 6.92 Å². The van der Waals surface area contributed by atoms with Crippen LogP contribution in [-0.2, 0) is 4.74 Å². The van der Waals surface area contributed by atoms with Gasteiger partial charge in [0.25, 0.3) is 0 Å². The highest BCUT2D eigenvalue weighted by molar-refractivity contribution is 6.33. The van der Waals surface area contributed by atoms with E-state index in [1.807, 2.05) is 0 Å². The third-order valence-corrected chi connectivity index (χ3v) is 2.11. The van der Waals surface area contributed by atoms with E-state index in [4.69, 9.17) is 11.6 Å². The van der Waals surface area contributed by atoms with E-state index in [9.17, 15) is 18.0 Å². The first-order valence-corrected chi connectivity index (χ1v) is 4.94. The molecule has 0 aliphatic heterocycles. The molecular formula is C10H8ClF3O3. The third-order valence-electron chi connectivity index (χ3n) is 1.72. The summed E-state index contributed by atoms with van der Waals surface area (Å²) in [4.78, 5) is 11.3. The third kappa shape index (κ3) is 3.52. The average Bonchev–Trinajstić information content (AvgIpc) is 2.22. The number of carbonyl (C=O) groups excluding carboxylic acids is 1. The summed E-state index contributed by atoms with van der Waals surface area (Å²) in [6.07, 6.45) is 0. The zero-order chi connectivity index (χ0) is 13.0. The molecule has 0 aliphatic rings. The Hall–Kier alpha value is -1.43. The predicted molar refractivity (Wildman–Crippen MR) is 54.0 cm³/mol. The molecule has 0 saturated heterocycles. The van der Waals surface area contributed by atoms with Crippen LogP contribution < -0.4 is 4.74 Å². The maximum Gasteiger partial charge on any atom is 0.387 e. The molecule has 0 bridgehead atoms. The summed E-state index contributed by atoms with van der Waals surface area (Å²) in [7, 11) is 0. The Morgan fingerprint density at radius 3 is 2.65 bits per heavy atom. The van der Waals surface area contributed by atoms with Gasteiger partial charge in [0.1, 0.15) is 11.6 Å². The molecule has 1 rings (SSSR count). The van der Waals surface area contributed by atoms with Crippen LogP contribution in [0, 0.1) is 5.82 Å². The van der Waals surface area contributed by atoms with Crippen LogP contribution in [0.1, 0.15) is 17.3 Å². The maximum atomic E-state index is 13.2. The lowest BCUT2D eigenvalue weighted by atomic mass is 10.2. The van der Waals surface area contributed by atoms with Crippen molar-refractivity contribution in [1.29, 1.82) is 0 Å². The van der Waals surface area contributed by atoms with Gasteiger partial charge in [0, 0.05) is 6.07 Å². The summed E-state index contributed by atoms with van der Waals surface area (Å²) in [5.41, 5.74) is -0.357. The van der Waals surface area contributed by atoms with Crippen molar-refractivity contribution >= 4 is 17.6 Å². The molecule has 0 aromatic heterocycles. The summed E-state index contributed by atoms with van der Waals surface area (Å²) >= 11 is 5.51. The summed E-state index contributed by atoms with van der Waals surface area (Å²) in [5.74, 6) is -2.44. The number of rotatable bonds is 4. The van der Waals surface area contributed by atoms with Crippen LogP contribution in [0.25, 0.3) is 0 Å². The molecule has 0 radical (unpaired) electrons. The van der Waals surface area contributed by atoms with Crippen molar-refractivity contribution < 1.29 is 27.4 Å². The van der Waals surface area contributed by atoms with Gasteiger partial charge >= 0.3 is 12.6 Å². The monoisotopic (exact) mass is 268 g/mol. The molecule has 0 saturated carbocycles. The van der Waals surface area contributed by atoms with Crippen molar-refractivity contribution in [2.75, 3.05) is 6.61 Å². The molecular weight excluding hydrogens is 261 g/mol. The number of hydrogen-bond donors (Lipinski definition) is 0.